The van der Waals surface area contributed by atoms with Crippen LogP contribution in [-0.4, -0.2) is 37.3 Å². The minimum atomic E-state index is -3.52. The van der Waals surface area contributed by atoms with E-state index in [0.717, 1.165) is 12.8 Å². The molecule has 19 heavy (non-hydrogen) atoms. The van der Waals surface area contributed by atoms with Crippen molar-refractivity contribution in [3.05, 3.63) is 18.3 Å². The molecule has 0 saturated carbocycles. The first-order chi connectivity index (χ1) is 9.07. The van der Waals surface area contributed by atoms with Crippen LogP contribution in [0.1, 0.15) is 33.6 Å². The summed E-state index contributed by atoms with van der Waals surface area (Å²) in [5.41, 5.74) is 0.571. The van der Waals surface area contributed by atoms with E-state index < -0.39 is 10.0 Å². The highest BCUT2D eigenvalue weighted by Gasteiger charge is 2.27. The maximum atomic E-state index is 12.6. The minimum Gasteiger partial charge on any atom is -0.383 e. The molecule has 0 aliphatic heterocycles. The number of aromatic nitrogens is 1. The molecular weight excluding hydrogens is 262 g/mol. The Hall–Kier alpha value is -1.14. The van der Waals surface area contributed by atoms with Crippen molar-refractivity contribution in [2.24, 2.45) is 0 Å². The standard InChI is InChI=1S/C13H23N3O2S/c1-4-10-16(11-5-2)19(17,18)13-12(14-6-3)8-7-9-15-13/h7-9,14H,4-6,10-11H2,1-3H3. The first kappa shape index (κ1) is 15.9. The summed E-state index contributed by atoms with van der Waals surface area (Å²) >= 11 is 0. The molecule has 1 heterocycles. The zero-order chi connectivity index (χ0) is 14.3. The molecular formula is C13H23N3O2S. The van der Waals surface area contributed by atoms with E-state index in [-0.39, 0.29) is 5.03 Å². The van der Waals surface area contributed by atoms with Gasteiger partial charge in [-0.2, -0.15) is 4.31 Å². The SMILES string of the molecule is CCCN(CCC)S(=O)(=O)c1ncccc1NCC. The van der Waals surface area contributed by atoms with E-state index in [1.807, 2.05) is 20.8 Å². The highest BCUT2D eigenvalue weighted by molar-refractivity contribution is 7.89. The molecule has 0 aliphatic carbocycles. The van der Waals surface area contributed by atoms with Gasteiger partial charge in [0.25, 0.3) is 10.0 Å². The molecule has 0 amide bonds. The highest BCUT2D eigenvalue weighted by Crippen LogP contribution is 2.22. The molecule has 0 radical (unpaired) electrons. The summed E-state index contributed by atoms with van der Waals surface area (Å²) in [7, 11) is -3.52. The third kappa shape index (κ3) is 3.91. The zero-order valence-electron chi connectivity index (χ0n) is 11.9. The molecule has 0 saturated heterocycles. The largest absolute Gasteiger partial charge is 0.383 e. The van der Waals surface area contributed by atoms with Crippen LogP contribution in [0, 0.1) is 0 Å². The molecule has 0 spiro atoms. The Labute approximate surface area is 116 Å². The van der Waals surface area contributed by atoms with Gasteiger partial charge in [0.1, 0.15) is 0 Å². The Morgan fingerprint density at radius 1 is 1.21 bits per heavy atom. The highest BCUT2D eigenvalue weighted by atomic mass is 32.2. The van der Waals surface area contributed by atoms with Gasteiger partial charge in [-0.25, -0.2) is 13.4 Å². The predicted molar refractivity (Wildman–Crippen MR) is 77.7 cm³/mol. The smallest absolute Gasteiger partial charge is 0.262 e. The van der Waals surface area contributed by atoms with Gasteiger partial charge in [0.2, 0.25) is 0 Å². The number of hydrogen-bond donors (Lipinski definition) is 1. The normalized spacial score (nSPS) is 11.8. The lowest BCUT2D eigenvalue weighted by Crippen LogP contribution is -2.33. The molecule has 1 aromatic heterocycles. The first-order valence-corrected chi connectivity index (χ1v) is 8.20. The zero-order valence-corrected chi connectivity index (χ0v) is 12.7. The van der Waals surface area contributed by atoms with Crippen LogP contribution in [0.2, 0.25) is 0 Å². The van der Waals surface area contributed by atoms with Crippen LogP contribution in [0.5, 0.6) is 0 Å². The van der Waals surface area contributed by atoms with Crippen LogP contribution < -0.4 is 5.32 Å². The Morgan fingerprint density at radius 3 is 2.37 bits per heavy atom. The summed E-state index contributed by atoms with van der Waals surface area (Å²) < 4.78 is 26.8. The fourth-order valence-electron chi connectivity index (χ4n) is 1.89. The van der Waals surface area contributed by atoms with E-state index in [2.05, 4.69) is 10.3 Å². The van der Waals surface area contributed by atoms with Gasteiger partial charge in [0, 0.05) is 25.8 Å². The quantitative estimate of drug-likeness (QED) is 0.796. The van der Waals surface area contributed by atoms with Crippen molar-refractivity contribution in [2.45, 2.75) is 38.6 Å². The summed E-state index contributed by atoms with van der Waals surface area (Å²) in [6.07, 6.45) is 3.11. The number of pyridine rings is 1. The van der Waals surface area contributed by atoms with Crippen LogP contribution in [0.25, 0.3) is 0 Å². The van der Waals surface area contributed by atoms with Gasteiger partial charge in [0.05, 0.1) is 5.69 Å². The summed E-state index contributed by atoms with van der Waals surface area (Å²) in [5, 5.41) is 3.18. The molecule has 1 aromatic rings. The topological polar surface area (TPSA) is 62.3 Å². The lowest BCUT2D eigenvalue weighted by atomic mass is 10.4. The molecule has 6 heteroatoms. The Morgan fingerprint density at radius 2 is 1.84 bits per heavy atom. The van der Waals surface area contributed by atoms with Gasteiger partial charge in [-0.05, 0) is 31.9 Å². The van der Waals surface area contributed by atoms with Crippen LogP contribution >= 0.6 is 0 Å². The molecule has 0 bridgehead atoms. The maximum Gasteiger partial charge on any atom is 0.262 e. The predicted octanol–water partition coefficient (Wildman–Crippen LogP) is 2.32. The number of sulfonamides is 1. The number of rotatable bonds is 8. The molecule has 5 nitrogen and oxygen atoms in total. The van der Waals surface area contributed by atoms with Crippen LogP contribution in [0.4, 0.5) is 5.69 Å². The molecule has 108 valence electrons. The average Bonchev–Trinajstić information content (AvgIpc) is 2.39. The summed E-state index contributed by atoms with van der Waals surface area (Å²) in [6.45, 7) is 7.59. The van der Waals surface area contributed by atoms with Crippen molar-refractivity contribution in [2.75, 3.05) is 25.0 Å². The molecule has 1 rings (SSSR count). The van der Waals surface area contributed by atoms with Crippen LogP contribution in [0.15, 0.2) is 23.4 Å². The average molecular weight is 285 g/mol. The van der Waals surface area contributed by atoms with E-state index in [1.165, 1.54) is 10.5 Å². The van der Waals surface area contributed by atoms with E-state index in [0.29, 0.717) is 25.3 Å². The summed E-state index contributed by atoms with van der Waals surface area (Å²) in [4.78, 5) is 4.06. The van der Waals surface area contributed by atoms with E-state index in [1.54, 1.807) is 12.1 Å². The van der Waals surface area contributed by atoms with Crippen LogP contribution in [0.3, 0.4) is 0 Å². The van der Waals surface area contributed by atoms with E-state index in [9.17, 15) is 8.42 Å². The number of nitrogens with one attached hydrogen (secondary N) is 1. The molecule has 0 fully saturated rings. The Balaban J connectivity index is 3.16. The van der Waals surface area contributed by atoms with Gasteiger partial charge in [-0.15, -0.1) is 0 Å². The van der Waals surface area contributed by atoms with Crippen molar-refractivity contribution in [1.29, 1.82) is 0 Å². The number of anilines is 1. The number of nitrogens with zero attached hydrogens (tertiary/aromatic N) is 2. The fraction of sp³-hybridized carbons (Fsp3) is 0.615. The molecule has 0 aromatic carbocycles. The van der Waals surface area contributed by atoms with Crippen molar-refractivity contribution in [3.8, 4) is 0 Å². The second-order valence-electron chi connectivity index (χ2n) is 4.29. The van der Waals surface area contributed by atoms with Gasteiger partial charge in [-0.1, -0.05) is 13.8 Å². The van der Waals surface area contributed by atoms with Gasteiger partial charge < -0.3 is 5.32 Å². The van der Waals surface area contributed by atoms with Gasteiger partial charge >= 0.3 is 0 Å². The Kier molecular flexibility index (Phi) is 6.24. The van der Waals surface area contributed by atoms with Crippen molar-refractivity contribution in [1.82, 2.24) is 9.29 Å². The van der Waals surface area contributed by atoms with Crippen LogP contribution in [-0.2, 0) is 10.0 Å². The lowest BCUT2D eigenvalue weighted by Gasteiger charge is -2.21. The second kappa shape index (κ2) is 7.45. The molecule has 1 N–H and O–H groups in total. The molecule has 0 aliphatic rings. The lowest BCUT2D eigenvalue weighted by molar-refractivity contribution is 0.408. The van der Waals surface area contributed by atoms with E-state index >= 15 is 0 Å². The monoisotopic (exact) mass is 285 g/mol. The number of hydrogen-bond acceptors (Lipinski definition) is 4. The van der Waals surface area contributed by atoms with Crippen molar-refractivity contribution in [3.63, 3.8) is 0 Å². The molecule has 0 unspecified atom stereocenters. The van der Waals surface area contributed by atoms with Gasteiger partial charge in [-0.3, -0.25) is 0 Å². The second-order valence-corrected chi connectivity index (χ2v) is 6.14. The third-order valence-electron chi connectivity index (χ3n) is 2.67. The van der Waals surface area contributed by atoms with Gasteiger partial charge in [0.15, 0.2) is 5.03 Å². The maximum absolute atomic E-state index is 12.6. The van der Waals surface area contributed by atoms with E-state index in [4.69, 9.17) is 0 Å². The first-order valence-electron chi connectivity index (χ1n) is 6.76. The van der Waals surface area contributed by atoms with Crippen molar-refractivity contribution < 1.29 is 8.42 Å². The third-order valence-corrected chi connectivity index (χ3v) is 4.53. The minimum absolute atomic E-state index is 0.124. The van der Waals surface area contributed by atoms with Crippen molar-refractivity contribution >= 4 is 15.7 Å². The fourth-order valence-corrected chi connectivity index (χ4v) is 3.60. The Bertz CT molecular complexity index is 482. The molecule has 0 atom stereocenters. The summed E-state index contributed by atoms with van der Waals surface area (Å²) in [6, 6.07) is 3.49. The summed E-state index contributed by atoms with van der Waals surface area (Å²) in [5.74, 6) is 0.